The standard InChI is InChI=1S/C20H27N3O7/c1-12-6-4-5-7-15(12)22-19(25)13(2)30-18(24)11-21-20(26)14-8-9-17(29-3)16(10-14)23(27)28/h8-10,12-13,15H,4-7,11H2,1-3H3,(H,21,26)(H,22,25)/t12-,13+,15-/m0/s1. The highest BCUT2D eigenvalue weighted by molar-refractivity contribution is 5.97. The first-order valence-electron chi connectivity index (χ1n) is 9.83. The number of carbonyl (C=O) groups excluding carboxylic acids is 3. The summed E-state index contributed by atoms with van der Waals surface area (Å²) >= 11 is 0. The summed E-state index contributed by atoms with van der Waals surface area (Å²) in [6.07, 6.45) is 3.16. The lowest BCUT2D eigenvalue weighted by Gasteiger charge is -2.30. The Morgan fingerprint density at radius 1 is 1.27 bits per heavy atom. The molecule has 164 valence electrons. The molecule has 0 aliphatic heterocycles. The van der Waals surface area contributed by atoms with Crippen LogP contribution in [-0.4, -0.2) is 48.5 Å². The Bertz CT molecular complexity index is 812. The molecule has 2 amide bonds. The molecule has 10 nitrogen and oxygen atoms in total. The Morgan fingerprint density at radius 3 is 2.60 bits per heavy atom. The van der Waals surface area contributed by atoms with E-state index in [2.05, 4.69) is 17.6 Å². The fourth-order valence-corrected chi connectivity index (χ4v) is 3.35. The van der Waals surface area contributed by atoms with Crippen molar-refractivity contribution < 1.29 is 28.8 Å². The lowest BCUT2D eigenvalue weighted by Crippen LogP contribution is -2.46. The lowest BCUT2D eigenvalue weighted by molar-refractivity contribution is -0.385. The first-order valence-corrected chi connectivity index (χ1v) is 9.83. The maximum absolute atomic E-state index is 12.3. The third-order valence-corrected chi connectivity index (χ3v) is 5.15. The first-order chi connectivity index (χ1) is 14.2. The summed E-state index contributed by atoms with van der Waals surface area (Å²) in [6, 6.07) is 3.76. The predicted octanol–water partition coefficient (Wildman–Crippen LogP) is 1.96. The molecule has 2 N–H and O–H groups in total. The van der Waals surface area contributed by atoms with Crippen LogP contribution < -0.4 is 15.4 Å². The van der Waals surface area contributed by atoms with Gasteiger partial charge in [-0.3, -0.25) is 24.5 Å². The van der Waals surface area contributed by atoms with Crippen molar-refractivity contribution in [3.63, 3.8) is 0 Å². The topological polar surface area (TPSA) is 137 Å². The van der Waals surface area contributed by atoms with Crippen LogP contribution >= 0.6 is 0 Å². The highest BCUT2D eigenvalue weighted by atomic mass is 16.6. The zero-order valence-corrected chi connectivity index (χ0v) is 17.3. The minimum Gasteiger partial charge on any atom is -0.490 e. The average molecular weight is 421 g/mol. The van der Waals surface area contributed by atoms with Crippen molar-refractivity contribution >= 4 is 23.5 Å². The van der Waals surface area contributed by atoms with Crippen LogP contribution in [0.3, 0.4) is 0 Å². The Kier molecular flexibility index (Phi) is 8.14. The third-order valence-electron chi connectivity index (χ3n) is 5.15. The molecule has 30 heavy (non-hydrogen) atoms. The zero-order valence-electron chi connectivity index (χ0n) is 17.3. The molecule has 1 saturated carbocycles. The Hall–Kier alpha value is -3.17. The molecule has 1 aliphatic carbocycles. The average Bonchev–Trinajstić information content (AvgIpc) is 2.72. The Balaban J connectivity index is 1.84. The molecule has 1 aromatic carbocycles. The van der Waals surface area contributed by atoms with E-state index in [0.717, 1.165) is 31.7 Å². The minimum atomic E-state index is -0.995. The van der Waals surface area contributed by atoms with E-state index < -0.39 is 29.4 Å². The van der Waals surface area contributed by atoms with E-state index in [1.54, 1.807) is 0 Å². The lowest BCUT2D eigenvalue weighted by atomic mass is 9.86. The Morgan fingerprint density at radius 2 is 1.97 bits per heavy atom. The number of nitrogens with zero attached hydrogens (tertiary/aromatic N) is 1. The summed E-state index contributed by atoms with van der Waals surface area (Å²) in [5.74, 6) is -1.46. The molecule has 0 heterocycles. The largest absolute Gasteiger partial charge is 0.490 e. The summed E-state index contributed by atoms with van der Waals surface area (Å²) in [6.45, 7) is 3.07. The van der Waals surface area contributed by atoms with Gasteiger partial charge in [0.1, 0.15) is 6.54 Å². The fourth-order valence-electron chi connectivity index (χ4n) is 3.35. The number of rotatable bonds is 8. The van der Waals surface area contributed by atoms with Crippen LogP contribution in [0.2, 0.25) is 0 Å². The molecule has 0 saturated heterocycles. The van der Waals surface area contributed by atoms with Gasteiger partial charge in [-0.2, -0.15) is 0 Å². The third kappa shape index (κ3) is 6.16. The van der Waals surface area contributed by atoms with Crippen molar-refractivity contribution in [3.05, 3.63) is 33.9 Å². The number of benzene rings is 1. The summed E-state index contributed by atoms with van der Waals surface area (Å²) < 4.78 is 9.96. The summed E-state index contributed by atoms with van der Waals surface area (Å²) in [5, 5.41) is 16.3. The van der Waals surface area contributed by atoms with Crippen molar-refractivity contribution in [1.29, 1.82) is 0 Å². The highest BCUT2D eigenvalue weighted by Crippen LogP contribution is 2.27. The Labute approximate surface area is 174 Å². The van der Waals surface area contributed by atoms with Crippen molar-refractivity contribution in [3.8, 4) is 5.75 Å². The van der Waals surface area contributed by atoms with Gasteiger partial charge in [-0.1, -0.05) is 19.8 Å². The quantitative estimate of drug-likeness (QED) is 0.372. The number of carbonyl (C=O) groups is 3. The smallest absolute Gasteiger partial charge is 0.326 e. The minimum absolute atomic E-state index is 0.00706. The van der Waals surface area contributed by atoms with Gasteiger partial charge in [-0.05, 0) is 37.8 Å². The normalized spacial score (nSPS) is 19.3. The molecular formula is C20H27N3O7. The molecule has 0 bridgehead atoms. The van der Waals surface area contributed by atoms with Gasteiger partial charge in [-0.25, -0.2) is 0 Å². The SMILES string of the molecule is COc1ccc(C(=O)NCC(=O)O[C@H](C)C(=O)N[C@H]2CCCC[C@@H]2C)cc1[N+](=O)[O-]. The number of hydrogen-bond acceptors (Lipinski definition) is 7. The molecule has 1 fully saturated rings. The number of amides is 2. The van der Waals surface area contributed by atoms with E-state index >= 15 is 0 Å². The van der Waals surface area contributed by atoms with Gasteiger partial charge in [0.25, 0.3) is 11.8 Å². The maximum Gasteiger partial charge on any atom is 0.326 e. The number of hydrogen-bond donors (Lipinski definition) is 2. The number of nitro groups is 1. The van der Waals surface area contributed by atoms with E-state index in [-0.39, 0.29) is 28.9 Å². The molecule has 1 aromatic rings. The van der Waals surface area contributed by atoms with Gasteiger partial charge in [0.2, 0.25) is 0 Å². The van der Waals surface area contributed by atoms with E-state index in [4.69, 9.17) is 9.47 Å². The second-order valence-corrected chi connectivity index (χ2v) is 7.34. The number of nitrogens with one attached hydrogen (secondary N) is 2. The summed E-state index contributed by atoms with van der Waals surface area (Å²) in [5.41, 5.74) is -0.373. The van der Waals surface area contributed by atoms with Crippen molar-refractivity contribution in [2.45, 2.75) is 51.7 Å². The second kappa shape index (κ2) is 10.6. The predicted molar refractivity (Wildman–Crippen MR) is 107 cm³/mol. The number of esters is 1. The number of methoxy groups -OCH3 is 1. The highest BCUT2D eigenvalue weighted by Gasteiger charge is 2.26. The summed E-state index contributed by atoms with van der Waals surface area (Å²) in [4.78, 5) is 46.8. The molecule has 0 spiro atoms. The zero-order chi connectivity index (χ0) is 22.3. The molecule has 10 heteroatoms. The molecule has 0 aromatic heterocycles. The van der Waals surface area contributed by atoms with Crippen LogP contribution in [0.4, 0.5) is 5.69 Å². The van der Waals surface area contributed by atoms with Gasteiger partial charge < -0.3 is 20.1 Å². The number of nitro benzene ring substituents is 1. The van der Waals surface area contributed by atoms with Gasteiger partial charge in [0, 0.05) is 17.7 Å². The second-order valence-electron chi connectivity index (χ2n) is 7.34. The number of ether oxygens (including phenoxy) is 2. The molecule has 1 aliphatic rings. The molecule has 0 radical (unpaired) electrons. The van der Waals surface area contributed by atoms with Gasteiger partial charge in [0.05, 0.1) is 12.0 Å². The fraction of sp³-hybridized carbons (Fsp3) is 0.550. The maximum atomic E-state index is 12.3. The molecule has 2 rings (SSSR count). The van der Waals surface area contributed by atoms with Crippen LogP contribution in [0.5, 0.6) is 5.75 Å². The monoisotopic (exact) mass is 421 g/mol. The van der Waals surface area contributed by atoms with E-state index in [0.29, 0.717) is 5.92 Å². The van der Waals surface area contributed by atoms with Crippen molar-refractivity contribution in [2.24, 2.45) is 5.92 Å². The molecular weight excluding hydrogens is 394 g/mol. The molecule has 3 atom stereocenters. The van der Waals surface area contributed by atoms with E-state index in [9.17, 15) is 24.5 Å². The van der Waals surface area contributed by atoms with Gasteiger partial charge in [0.15, 0.2) is 11.9 Å². The van der Waals surface area contributed by atoms with Crippen LogP contribution in [0.1, 0.15) is 49.9 Å². The van der Waals surface area contributed by atoms with Crippen LogP contribution in [0, 0.1) is 16.0 Å². The summed E-state index contributed by atoms with van der Waals surface area (Å²) in [7, 11) is 1.28. The van der Waals surface area contributed by atoms with E-state index in [1.165, 1.54) is 26.2 Å². The van der Waals surface area contributed by atoms with Crippen LogP contribution in [-0.2, 0) is 14.3 Å². The van der Waals surface area contributed by atoms with Crippen molar-refractivity contribution in [2.75, 3.05) is 13.7 Å². The van der Waals surface area contributed by atoms with Crippen LogP contribution in [0.25, 0.3) is 0 Å². The molecule has 0 unspecified atom stereocenters. The first kappa shape index (κ1) is 23.1. The van der Waals surface area contributed by atoms with Crippen molar-refractivity contribution in [1.82, 2.24) is 10.6 Å². The van der Waals surface area contributed by atoms with Gasteiger partial charge >= 0.3 is 11.7 Å². The van der Waals surface area contributed by atoms with Gasteiger partial charge in [-0.15, -0.1) is 0 Å². The van der Waals surface area contributed by atoms with E-state index in [1.807, 2.05) is 0 Å². The van der Waals surface area contributed by atoms with Crippen LogP contribution in [0.15, 0.2) is 18.2 Å².